The second-order valence-corrected chi connectivity index (χ2v) is 9.46. The Balaban J connectivity index is 1.51. The summed E-state index contributed by atoms with van der Waals surface area (Å²) < 4.78 is 1.05. The molecule has 1 aromatic carbocycles. The first-order valence-corrected chi connectivity index (χ1v) is 12.0. The van der Waals surface area contributed by atoms with E-state index in [1.165, 1.54) is 0 Å². The van der Waals surface area contributed by atoms with Crippen molar-refractivity contribution in [3.63, 3.8) is 0 Å². The van der Waals surface area contributed by atoms with Crippen molar-refractivity contribution in [3.05, 3.63) is 60.0 Å². The average Bonchev–Trinajstić information content (AvgIpc) is 3.39. The molecule has 1 fully saturated rings. The summed E-state index contributed by atoms with van der Waals surface area (Å²) in [6.07, 6.45) is 0.118. The van der Waals surface area contributed by atoms with Crippen LogP contribution in [0.2, 0.25) is 0 Å². The Kier molecular flexibility index (Phi) is 6.38. The number of pyridine rings is 1. The van der Waals surface area contributed by atoms with Gasteiger partial charge < -0.3 is 26.0 Å². The SMILES string of the molecule is Cc1nc(NCc2ccccn2)nc(N[C@@H]2C[C@H](CO)[C@@H](O)[C@H]2O)c1-c1nc2ccccc2s1. The average molecular weight is 479 g/mol. The molecular weight excluding hydrogens is 452 g/mol. The maximum absolute atomic E-state index is 10.6. The number of aliphatic hydroxyl groups is 3. The highest BCUT2D eigenvalue weighted by Gasteiger charge is 2.41. The first-order valence-electron chi connectivity index (χ1n) is 11.2. The lowest BCUT2D eigenvalue weighted by Gasteiger charge is -2.21. The predicted octanol–water partition coefficient (Wildman–Crippen LogP) is 2.58. The van der Waals surface area contributed by atoms with E-state index in [1.807, 2.05) is 49.4 Å². The van der Waals surface area contributed by atoms with Crippen LogP contribution in [0.5, 0.6) is 0 Å². The van der Waals surface area contributed by atoms with Crippen molar-refractivity contribution >= 4 is 33.3 Å². The van der Waals surface area contributed by atoms with Crippen LogP contribution in [-0.2, 0) is 6.54 Å². The van der Waals surface area contributed by atoms with Gasteiger partial charge in [-0.05, 0) is 37.6 Å². The van der Waals surface area contributed by atoms with Crippen molar-refractivity contribution < 1.29 is 15.3 Å². The molecule has 0 spiro atoms. The number of thiazole rings is 1. The van der Waals surface area contributed by atoms with Crippen LogP contribution in [0.1, 0.15) is 17.8 Å². The molecule has 0 aliphatic heterocycles. The minimum Gasteiger partial charge on any atom is -0.396 e. The van der Waals surface area contributed by atoms with Gasteiger partial charge >= 0.3 is 0 Å². The van der Waals surface area contributed by atoms with Crippen molar-refractivity contribution in [2.24, 2.45) is 5.92 Å². The van der Waals surface area contributed by atoms with Crippen LogP contribution in [-0.4, -0.2) is 60.1 Å². The van der Waals surface area contributed by atoms with Crippen molar-refractivity contribution in [2.45, 2.75) is 38.1 Å². The summed E-state index contributed by atoms with van der Waals surface area (Å²) in [5.74, 6) is 0.537. The van der Waals surface area contributed by atoms with Gasteiger partial charge in [0, 0.05) is 18.7 Å². The van der Waals surface area contributed by atoms with Gasteiger partial charge in [-0.15, -0.1) is 11.3 Å². The standard InChI is InChI=1S/C24H26N6O3S/c1-13-19(23-29-16-7-2-3-8-18(16)34-23)22(28-17-10-14(12-31)20(32)21(17)33)30-24(27-13)26-11-15-6-4-5-9-25-15/h2-9,14,17,20-21,31-33H,10-12H2,1H3,(H2,26,27,28,30)/t14-,17-,20-,21+/m1/s1. The molecule has 1 aliphatic rings. The van der Waals surface area contributed by atoms with Crippen molar-refractivity contribution in [1.29, 1.82) is 0 Å². The van der Waals surface area contributed by atoms with Crippen molar-refractivity contribution in [2.75, 3.05) is 17.2 Å². The van der Waals surface area contributed by atoms with E-state index >= 15 is 0 Å². The lowest BCUT2D eigenvalue weighted by molar-refractivity contribution is 0.00446. The first kappa shape index (κ1) is 22.6. The molecule has 3 aromatic heterocycles. The Hall–Kier alpha value is -3.18. The van der Waals surface area contributed by atoms with Crippen LogP contribution >= 0.6 is 11.3 Å². The van der Waals surface area contributed by atoms with Gasteiger partial charge in [0.1, 0.15) is 16.9 Å². The Morgan fingerprint density at radius 1 is 1.03 bits per heavy atom. The zero-order valence-electron chi connectivity index (χ0n) is 18.6. The van der Waals surface area contributed by atoms with Crippen molar-refractivity contribution in [1.82, 2.24) is 19.9 Å². The molecule has 0 unspecified atom stereocenters. The Morgan fingerprint density at radius 2 is 1.85 bits per heavy atom. The number of aromatic nitrogens is 4. The first-order chi connectivity index (χ1) is 16.5. The fourth-order valence-corrected chi connectivity index (χ4v) is 5.35. The lowest BCUT2D eigenvalue weighted by atomic mass is 10.1. The summed E-state index contributed by atoms with van der Waals surface area (Å²) >= 11 is 1.55. The molecule has 34 heavy (non-hydrogen) atoms. The van der Waals surface area contributed by atoms with Gasteiger partial charge in [0.15, 0.2) is 0 Å². The van der Waals surface area contributed by atoms with Crippen LogP contribution in [0.3, 0.4) is 0 Å². The lowest BCUT2D eigenvalue weighted by Crippen LogP contribution is -2.35. The van der Waals surface area contributed by atoms with Crippen LogP contribution in [0.15, 0.2) is 48.7 Å². The van der Waals surface area contributed by atoms with E-state index in [0.717, 1.165) is 32.2 Å². The third-order valence-corrected chi connectivity index (χ3v) is 7.16. The number of benzene rings is 1. The van der Waals surface area contributed by atoms with Crippen LogP contribution < -0.4 is 10.6 Å². The molecule has 0 amide bonds. The molecule has 4 aromatic rings. The molecule has 9 nitrogen and oxygen atoms in total. The minimum absolute atomic E-state index is 0.194. The van der Waals surface area contributed by atoms with E-state index < -0.39 is 24.2 Å². The van der Waals surface area contributed by atoms with Gasteiger partial charge in [-0.25, -0.2) is 9.97 Å². The minimum atomic E-state index is -1.03. The molecule has 4 atom stereocenters. The number of anilines is 2. The zero-order valence-corrected chi connectivity index (χ0v) is 19.4. The van der Waals surface area contributed by atoms with E-state index in [-0.39, 0.29) is 6.61 Å². The van der Waals surface area contributed by atoms with E-state index in [0.29, 0.717) is 24.7 Å². The predicted molar refractivity (Wildman–Crippen MR) is 132 cm³/mol. The second-order valence-electron chi connectivity index (χ2n) is 8.43. The quantitative estimate of drug-likeness (QED) is 0.271. The number of aryl methyl sites for hydroxylation is 1. The Bertz CT molecular complexity index is 1250. The summed E-state index contributed by atoms with van der Waals surface area (Å²) in [6, 6.07) is 13.1. The normalized spacial score (nSPS) is 22.2. The summed E-state index contributed by atoms with van der Waals surface area (Å²) in [5.41, 5.74) is 3.22. The molecule has 176 valence electrons. The highest BCUT2D eigenvalue weighted by Crippen LogP contribution is 2.38. The van der Waals surface area contributed by atoms with Gasteiger partial charge in [-0.2, -0.15) is 4.98 Å². The maximum Gasteiger partial charge on any atom is 0.225 e. The maximum atomic E-state index is 10.6. The smallest absolute Gasteiger partial charge is 0.225 e. The molecule has 5 N–H and O–H groups in total. The molecular formula is C24H26N6O3S. The summed E-state index contributed by atoms with van der Waals surface area (Å²) in [7, 11) is 0. The molecule has 5 rings (SSSR count). The molecule has 0 saturated heterocycles. The largest absolute Gasteiger partial charge is 0.396 e. The second kappa shape index (κ2) is 9.59. The molecule has 0 radical (unpaired) electrons. The summed E-state index contributed by atoms with van der Waals surface area (Å²) in [5, 5.41) is 37.7. The van der Waals surface area contributed by atoms with E-state index in [1.54, 1.807) is 17.5 Å². The highest BCUT2D eigenvalue weighted by molar-refractivity contribution is 7.21. The van der Waals surface area contributed by atoms with E-state index in [9.17, 15) is 15.3 Å². The molecule has 10 heteroatoms. The van der Waals surface area contributed by atoms with Gasteiger partial charge in [0.05, 0.1) is 45.9 Å². The van der Waals surface area contributed by atoms with Crippen molar-refractivity contribution in [3.8, 4) is 10.6 Å². The molecule has 1 saturated carbocycles. The third-order valence-electron chi connectivity index (χ3n) is 6.11. The summed E-state index contributed by atoms with van der Waals surface area (Å²) in [4.78, 5) is 18.5. The number of nitrogens with zero attached hydrogens (tertiary/aromatic N) is 4. The molecule has 1 aliphatic carbocycles. The number of rotatable bonds is 7. The Labute approximate surface area is 200 Å². The topological polar surface area (TPSA) is 136 Å². The summed E-state index contributed by atoms with van der Waals surface area (Å²) in [6.45, 7) is 2.16. The van der Waals surface area contributed by atoms with Gasteiger partial charge in [0.25, 0.3) is 0 Å². The molecule has 0 bridgehead atoms. The van der Waals surface area contributed by atoms with Gasteiger partial charge in [-0.1, -0.05) is 18.2 Å². The number of para-hydroxylation sites is 1. The van der Waals surface area contributed by atoms with E-state index in [2.05, 4.69) is 20.6 Å². The number of hydrogen-bond acceptors (Lipinski definition) is 10. The number of hydrogen-bond donors (Lipinski definition) is 5. The fraction of sp³-hybridized carbons (Fsp3) is 0.333. The van der Waals surface area contributed by atoms with Crippen LogP contribution in [0.4, 0.5) is 11.8 Å². The molecule has 3 heterocycles. The zero-order chi connectivity index (χ0) is 23.7. The monoisotopic (exact) mass is 478 g/mol. The van der Waals surface area contributed by atoms with Crippen LogP contribution in [0, 0.1) is 12.8 Å². The number of nitrogens with one attached hydrogen (secondary N) is 2. The van der Waals surface area contributed by atoms with E-state index in [4.69, 9.17) is 9.97 Å². The number of aliphatic hydroxyl groups excluding tert-OH is 3. The van der Waals surface area contributed by atoms with Crippen LogP contribution in [0.25, 0.3) is 20.8 Å². The van der Waals surface area contributed by atoms with Gasteiger partial charge in [-0.3, -0.25) is 4.98 Å². The Morgan fingerprint density at radius 3 is 2.59 bits per heavy atom. The fourth-order valence-electron chi connectivity index (χ4n) is 4.29. The third kappa shape index (κ3) is 4.45. The number of fused-ring (bicyclic) bond motifs is 1. The van der Waals surface area contributed by atoms with Gasteiger partial charge in [0.2, 0.25) is 5.95 Å². The highest BCUT2D eigenvalue weighted by atomic mass is 32.1.